The lowest BCUT2D eigenvalue weighted by Crippen LogP contribution is -2.33. The summed E-state index contributed by atoms with van der Waals surface area (Å²) in [6.07, 6.45) is 4.50. The van der Waals surface area contributed by atoms with Crippen molar-refractivity contribution in [3.05, 3.63) is 0 Å². The molecular weight excluding hydrogens is 128 g/mol. The smallest absolute Gasteiger partial charge is 0.00399 e. The first-order chi connectivity index (χ1) is 3.79. The van der Waals surface area contributed by atoms with Gasteiger partial charge < -0.3 is 23.8 Å². The quantitative estimate of drug-likeness (QED) is 0.400. The fourth-order valence-corrected chi connectivity index (χ4v) is 1.14. The molecule has 10 heavy (non-hydrogen) atoms. The van der Waals surface area contributed by atoms with Crippen LogP contribution in [0.15, 0.2) is 0 Å². The molecule has 64 valence electrons. The Morgan fingerprint density at radius 2 is 0.900 bits per heavy atom. The molecule has 0 aromatic carbocycles. The summed E-state index contributed by atoms with van der Waals surface area (Å²) in [6.45, 7) is 0. The van der Waals surface area contributed by atoms with Gasteiger partial charge >= 0.3 is 0 Å². The maximum Gasteiger partial charge on any atom is 0.00399 e. The van der Waals surface area contributed by atoms with Gasteiger partial charge in [-0.05, 0) is 25.7 Å². The number of nitrogens with two attached hydrogens (primary N) is 2. The summed E-state index contributed by atoms with van der Waals surface area (Å²) in [5.41, 5.74) is 11.3. The molecule has 4 heteroatoms. The molecule has 1 fully saturated rings. The van der Waals surface area contributed by atoms with Crippen LogP contribution in [0.25, 0.3) is 0 Å². The van der Waals surface area contributed by atoms with E-state index in [1.54, 1.807) is 0 Å². The van der Waals surface area contributed by atoms with Crippen LogP contribution in [0.4, 0.5) is 0 Å². The summed E-state index contributed by atoms with van der Waals surface area (Å²) in [4.78, 5) is 0. The largest absolute Gasteiger partial charge is 0.344 e. The molecule has 10 N–H and O–H groups in total. The first kappa shape index (κ1) is 12.5. The molecule has 0 radical (unpaired) electrons. The van der Waals surface area contributed by atoms with Gasteiger partial charge in [-0.1, -0.05) is 0 Å². The number of hydrogen-bond donors (Lipinski definition) is 4. The van der Waals surface area contributed by atoms with Crippen molar-refractivity contribution in [1.29, 1.82) is 0 Å². The van der Waals surface area contributed by atoms with Crippen LogP contribution in [0.1, 0.15) is 25.7 Å². The van der Waals surface area contributed by atoms with E-state index in [0.717, 1.165) is 25.7 Å². The molecule has 0 aromatic heterocycles. The monoisotopic (exact) mass is 148 g/mol. The van der Waals surface area contributed by atoms with E-state index < -0.39 is 0 Å². The molecule has 0 aliphatic heterocycles. The Labute approximate surface area is 62.5 Å². The summed E-state index contributed by atoms with van der Waals surface area (Å²) in [5, 5.41) is 0. The van der Waals surface area contributed by atoms with Crippen molar-refractivity contribution in [1.82, 2.24) is 12.3 Å². The van der Waals surface area contributed by atoms with Crippen molar-refractivity contribution in [2.45, 2.75) is 37.8 Å². The van der Waals surface area contributed by atoms with Crippen LogP contribution in [-0.2, 0) is 0 Å². The lowest BCUT2D eigenvalue weighted by molar-refractivity contribution is 0.395. The van der Waals surface area contributed by atoms with E-state index in [1.165, 1.54) is 0 Å². The second kappa shape index (κ2) is 5.61. The highest BCUT2D eigenvalue weighted by Gasteiger charge is 2.13. The SMILES string of the molecule is N.N.N[C@H]1CC[C@@H](N)CC1. The van der Waals surface area contributed by atoms with Gasteiger partial charge in [-0.3, -0.25) is 0 Å². The molecule has 1 aliphatic rings. The van der Waals surface area contributed by atoms with Crippen LogP contribution in [0.3, 0.4) is 0 Å². The Kier molecular flexibility index (Phi) is 7.02. The van der Waals surface area contributed by atoms with Gasteiger partial charge in [0, 0.05) is 12.1 Å². The molecule has 1 aliphatic carbocycles. The van der Waals surface area contributed by atoms with Gasteiger partial charge in [-0.2, -0.15) is 0 Å². The normalized spacial score (nSPS) is 31.8. The van der Waals surface area contributed by atoms with E-state index in [1.807, 2.05) is 0 Å². The van der Waals surface area contributed by atoms with Gasteiger partial charge in [-0.15, -0.1) is 0 Å². The topological polar surface area (TPSA) is 122 Å². The van der Waals surface area contributed by atoms with Gasteiger partial charge in [0.05, 0.1) is 0 Å². The predicted molar refractivity (Wildman–Crippen MR) is 44.5 cm³/mol. The zero-order valence-electron chi connectivity index (χ0n) is 6.55. The third-order valence-electron chi connectivity index (χ3n) is 1.82. The molecular formula is C6H20N4. The van der Waals surface area contributed by atoms with Gasteiger partial charge in [-0.25, -0.2) is 0 Å². The van der Waals surface area contributed by atoms with Crippen molar-refractivity contribution in [3.8, 4) is 0 Å². The minimum atomic E-state index is 0. The fraction of sp³-hybridized carbons (Fsp3) is 1.00. The number of rotatable bonds is 0. The van der Waals surface area contributed by atoms with E-state index in [0.29, 0.717) is 12.1 Å². The Morgan fingerprint density at radius 3 is 1.10 bits per heavy atom. The molecule has 4 nitrogen and oxygen atoms in total. The van der Waals surface area contributed by atoms with Crippen molar-refractivity contribution in [3.63, 3.8) is 0 Å². The zero-order chi connectivity index (χ0) is 5.98. The number of hydrogen-bond acceptors (Lipinski definition) is 4. The van der Waals surface area contributed by atoms with Crippen LogP contribution >= 0.6 is 0 Å². The maximum atomic E-state index is 5.64. The van der Waals surface area contributed by atoms with E-state index in [-0.39, 0.29) is 12.3 Å². The standard InChI is InChI=1S/C6H14N2.2H3N/c7-5-1-2-6(8)4-3-5;;/h5-6H,1-4,7-8H2;2*1H3/t5-,6+;;. The molecule has 0 bridgehead atoms. The van der Waals surface area contributed by atoms with Gasteiger partial charge in [0.25, 0.3) is 0 Å². The highest BCUT2D eigenvalue weighted by Crippen LogP contribution is 2.14. The predicted octanol–water partition coefficient (Wildman–Crippen LogP) is 0.539. The molecule has 0 heterocycles. The molecule has 0 saturated heterocycles. The summed E-state index contributed by atoms with van der Waals surface area (Å²) in [6, 6.07) is 0.879. The molecule has 1 saturated carbocycles. The Balaban J connectivity index is 0. The average molecular weight is 148 g/mol. The second-order valence-electron chi connectivity index (χ2n) is 2.67. The second-order valence-corrected chi connectivity index (χ2v) is 2.67. The first-order valence-corrected chi connectivity index (χ1v) is 3.30. The van der Waals surface area contributed by atoms with Gasteiger partial charge in [0.2, 0.25) is 0 Å². The van der Waals surface area contributed by atoms with Crippen molar-refractivity contribution < 1.29 is 0 Å². The fourth-order valence-electron chi connectivity index (χ4n) is 1.14. The van der Waals surface area contributed by atoms with E-state index in [9.17, 15) is 0 Å². The lowest BCUT2D eigenvalue weighted by atomic mass is 9.93. The van der Waals surface area contributed by atoms with Crippen molar-refractivity contribution in [2.24, 2.45) is 11.5 Å². The molecule has 0 atom stereocenters. The molecule has 0 spiro atoms. The van der Waals surface area contributed by atoms with Crippen LogP contribution in [-0.4, -0.2) is 12.1 Å². The average Bonchev–Trinajstić information content (AvgIpc) is 1.77. The third kappa shape index (κ3) is 3.79. The summed E-state index contributed by atoms with van der Waals surface area (Å²) < 4.78 is 0. The van der Waals surface area contributed by atoms with Crippen LogP contribution in [0.5, 0.6) is 0 Å². The van der Waals surface area contributed by atoms with Crippen molar-refractivity contribution >= 4 is 0 Å². The first-order valence-electron chi connectivity index (χ1n) is 3.30. The van der Waals surface area contributed by atoms with Crippen LogP contribution in [0, 0.1) is 0 Å². The van der Waals surface area contributed by atoms with E-state index in [4.69, 9.17) is 11.5 Å². The Hall–Kier alpha value is -0.160. The van der Waals surface area contributed by atoms with Gasteiger partial charge in [0.15, 0.2) is 0 Å². The molecule has 0 aromatic rings. The van der Waals surface area contributed by atoms with E-state index >= 15 is 0 Å². The van der Waals surface area contributed by atoms with Gasteiger partial charge in [0.1, 0.15) is 0 Å². The Bertz CT molecular complexity index is 58.1. The highest BCUT2D eigenvalue weighted by molar-refractivity contribution is 4.75. The van der Waals surface area contributed by atoms with Crippen LogP contribution < -0.4 is 23.8 Å². The molecule has 1 rings (SSSR count). The lowest BCUT2D eigenvalue weighted by Gasteiger charge is -2.22. The van der Waals surface area contributed by atoms with E-state index in [2.05, 4.69) is 0 Å². The molecule has 0 amide bonds. The zero-order valence-corrected chi connectivity index (χ0v) is 6.55. The maximum absolute atomic E-state index is 5.64. The molecule has 0 unspecified atom stereocenters. The van der Waals surface area contributed by atoms with Crippen molar-refractivity contribution in [2.75, 3.05) is 0 Å². The summed E-state index contributed by atoms with van der Waals surface area (Å²) in [7, 11) is 0. The third-order valence-corrected chi connectivity index (χ3v) is 1.82. The highest BCUT2D eigenvalue weighted by atomic mass is 14.7. The minimum absolute atomic E-state index is 0. The Morgan fingerprint density at radius 1 is 0.700 bits per heavy atom. The summed E-state index contributed by atoms with van der Waals surface area (Å²) in [5.74, 6) is 0. The minimum Gasteiger partial charge on any atom is -0.344 e. The summed E-state index contributed by atoms with van der Waals surface area (Å²) >= 11 is 0. The van der Waals surface area contributed by atoms with Crippen LogP contribution in [0.2, 0.25) is 0 Å².